The van der Waals surface area contributed by atoms with Crippen LogP contribution in [0.4, 0.5) is 0 Å². The van der Waals surface area contributed by atoms with E-state index in [-0.39, 0.29) is 30.5 Å². The molecule has 8 nitrogen and oxygen atoms in total. The lowest BCUT2D eigenvalue weighted by Crippen LogP contribution is -2.38. The van der Waals surface area contributed by atoms with Gasteiger partial charge in [-0.1, -0.05) is 42.8 Å². The van der Waals surface area contributed by atoms with Gasteiger partial charge in [-0.3, -0.25) is 4.79 Å². The van der Waals surface area contributed by atoms with Gasteiger partial charge in [-0.25, -0.2) is 15.0 Å². The van der Waals surface area contributed by atoms with E-state index in [1.165, 1.54) is 0 Å². The minimum atomic E-state index is -0.624. The zero-order chi connectivity index (χ0) is 26.6. The number of nitrogens with one attached hydrogen (secondary N) is 1. The number of nitrogens with zero attached hydrogens (tertiary/aromatic N) is 3. The Hall–Kier alpha value is -3.70. The van der Waals surface area contributed by atoms with E-state index in [1.54, 1.807) is 12.2 Å². The molecule has 37 heavy (non-hydrogen) atoms. The van der Waals surface area contributed by atoms with Crippen LogP contribution < -0.4 is 11.2 Å². The Morgan fingerprint density at radius 1 is 0.973 bits per heavy atom. The van der Waals surface area contributed by atoms with Crippen LogP contribution in [0.3, 0.4) is 0 Å². The second kappa shape index (κ2) is 11.1. The Bertz CT molecular complexity index is 1240. The molecule has 1 aliphatic heterocycles. The normalized spacial score (nSPS) is 20.6. The highest BCUT2D eigenvalue weighted by Crippen LogP contribution is 2.47. The predicted molar refractivity (Wildman–Crippen MR) is 142 cm³/mol. The molecule has 2 aromatic carbocycles. The SMILES string of the molecule is CC(N=C=O)c1ccc2c(c1)CCc1cc(C(C)N=C=O)ccc1C2(CCC[C@@H](C)N)C1=NNC(=O)C1. The minimum Gasteiger partial charge on any atom is -0.328 e. The van der Waals surface area contributed by atoms with Gasteiger partial charge in [-0.2, -0.15) is 15.1 Å². The monoisotopic (exact) mass is 499 g/mol. The van der Waals surface area contributed by atoms with Crippen molar-refractivity contribution in [3.05, 3.63) is 69.8 Å². The molecule has 0 bridgehead atoms. The van der Waals surface area contributed by atoms with E-state index in [0.29, 0.717) is 0 Å². The lowest BCUT2D eigenvalue weighted by Gasteiger charge is -2.37. The first-order valence-corrected chi connectivity index (χ1v) is 12.8. The topological polar surface area (TPSA) is 126 Å². The molecule has 0 saturated carbocycles. The van der Waals surface area contributed by atoms with Crippen LogP contribution in [-0.2, 0) is 32.6 Å². The van der Waals surface area contributed by atoms with Crippen molar-refractivity contribution in [3.63, 3.8) is 0 Å². The lowest BCUT2D eigenvalue weighted by atomic mass is 9.65. The molecular weight excluding hydrogens is 466 g/mol. The number of carbonyl (C=O) groups is 1. The highest BCUT2D eigenvalue weighted by atomic mass is 16.2. The zero-order valence-electron chi connectivity index (χ0n) is 21.6. The summed E-state index contributed by atoms with van der Waals surface area (Å²) in [4.78, 5) is 42.0. The van der Waals surface area contributed by atoms with Crippen molar-refractivity contribution < 1.29 is 14.4 Å². The van der Waals surface area contributed by atoms with E-state index in [4.69, 9.17) is 5.73 Å². The quantitative estimate of drug-likeness (QED) is 0.395. The average molecular weight is 500 g/mol. The number of amides is 1. The third kappa shape index (κ3) is 5.23. The Kier molecular flexibility index (Phi) is 7.94. The van der Waals surface area contributed by atoms with Gasteiger partial charge in [-0.05, 0) is 79.8 Å². The number of rotatable bonds is 9. The molecule has 0 saturated heterocycles. The third-order valence-electron chi connectivity index (χ3n) is 7.65. The summed E-state index contributed by atoms with van der Waals surface area (Å²) >= 11 is 0. The summed E-state index contributed by atoms with van der Waals surface area (Å²) in [6.07, 6.45) is 7.53. The van der Waals surface area contributed by atoms with Crippen LogP contribution in [0.2, 0.25) is 0 Å². The summed E-state index contributed by atoms with van der Waals surface area (Å²) in [5.41, 5.74) is 15.4. The molecule has 192 valence electrons. The summed E-state index contributed by atoms with van der Waals surface area (Å²) in [6, 6.07) is 11.9. The third-order valence-corrected chi connectivity index (χ3v) is 7.65. The van der Waals surface area contributed by atoms with Gasteiger partial charge in [0.2, 0.25) is 18.1 Å². The van der Waals surface area contributed by atoms with Gasteiger partial charge < -0.3 is 5.73 Å². The average Bonchev–Trinajstić information content (AvgIpc) is 3.26. The number of aliphatic imine (C=N–C) groups is 2. The fraction of sp³-hybridized carbons (Fsp3) is 0.448. The summed E-state index contributed by atoms with van der Waals surface area (Å²) in [7, 11) is 0. The van der Waals surface area contributed by atoms with Gasteiger partial charge in [-0.15, -0.1) is 0 Å². The maximum atomic E-state index is 12.4. The van der Waals surface area contributed by atoms with Crippen molar-refractivity contribution in [2.24, 2.45) is 20.8 Å². The van der Waals surface area contributed by atoms with E-state index in [0.717, 1.165) is 71.2 Å². The van der Waals surface area contributed by atoms with Crippen LogP contribution >= 0.6 is 0 Å². The fourth-order valence-corrected chi connectivity index (χ4v) is 5.74. The summed E-state index contributed by atoms with van der Waals surface area (Å²) in [5, 5.41) is 4.57. The predicted octanol–water partition coefficient (Wildman–Crippen LogP) is 4.26. The second-order valence-electron chi connectivity index (χ2n) is 10.2. The van der Waals surface area contributed by atoms with Crippen molar-refractivity contribution in [1.29, 1.82) is 0 Å². The number of carbonyl (C=O) groups excluding carboxylic acids is 3. The molecule has 8 heteroatoms. The van der Waals surface area contributed by atoms with Gasteiger partial charge in [0.15, 0.2) is 0 Å². The second-order valence-corrected chi connectivity index (χ2v) is 10.2. The van der Waals surface area contributed by atoms with Gasteiger partial charge in [0.1, 0.15) is 0 Å². The van der Waals surface area contributed by atoms with E-state index >= 15 is 0 Å². The number of benzene rings is 2. The zero-order valence-corrected chi connectivity index (χ0v) is 21.6. The summed E-state index contributed by atoms with van der Waals surface area (Å²) in [6.45, 7) is 5.75. The summed E-state index contributed by atoms with van der Waals surface area (Å²) < 4.78 is 0. The Balaban J connectivity index is 1.96. The first-order valence-electron chi connectivity index (χ1n) is 12.8. The Morgan fingerprint density at radius 3 is 1.95 bits per heavy atom. The van der Waals surface area contributed by atoms with Gasteiger partial charge in [0.05, 0.1) is 29.6 Å². The molecule has 0 radical (unpaired) electrons. The van der Waals surface area contributed by atoms with Gasteiger partial charge in [0, 0.05) is 6.04 Å². The first-order chi connectivity index (χ1) is 17.8. The fourth-order valence-electron chi connectivity index (χ4n) is 5.74. The molecule has 1 amide bonds. The molecule has 0 aromatic heterocycles. The molecule has 3 atom stereocenters. The molecule has 2 aromatic rings. The van der Waals surface area contributed by atoms with Crippen LogP contribution in [-0.4, -0.2) is 29.8 Å². The number of fused-ring (bicyclic) bond motifs is 2. The number of isocyanates is 2. The van der Waals surface area contributed by atoms with Crippen molar-refractivity contribution in [1.82, 2.24) is 5.43 Å². The maximum absolute atomic E-state index is 12.4. The maximum Gasteiger partial charge on any atom is 0.245 e. The number of hydrazone groups is 1. The van der Waals surface area contributed by atoms with E-state index in [9.17, 15) is 14.4 Å². The number of nitrogens with two attached hydrogens (primary N) is 1. The highest BCUT2D eigenvalue weighted by molar-refractivity contribution is 6.12. The number of aryl methyl sites for hydroxylation is 2. The van der Waals surface area contributed by atoms with Crippen LogP contribution in [0.5, 0.6) is 0 Å². The van der Waals surface area contributed by atoms with Crippen LogP contribution in [0.25, 0.3) is 0 Å². The number of hydrogen-bond acceptors (Lipinski definition) is 7. The molecular formula is C29H33N5O3. The minimum absolute atomic E-state index is 0.0564. The van der Waals surface area contributed by atoms with Crippen LogP contribution in [0, 0.1) is 0 Å². The van der Waals surface area contributed by atoms with Crippen LogP contribution in [0.1, 0.15) is 91.9 Å². The molecule has 2 unspecified atom stereocenters. The molecule has 2 aliphatic rings. The van der Waals surface area contributed by atoms with Crippen molar-refractivity contribution in [3.8, 4) is 0 Å². The van der Waals surface area contributed by atoms with E-state index in [2.05, 4.69) is 44.8 Å². The molecule has 0 fully saturated rings. The Morgan fingerprint density at radius 2 is 1.51 bits per heavy atom. The van der Waals surface area contributed by atoms with Crippen LogP contribution in [0.15, 0.2) is 51.5 Å². The highest BCUT2D eigenvalue weighted by Gasteiger charge is 2.45. The molecule has 1 heterocycles. The summed E-state index contributed by atoms with van der Waals surface area (Å²) in [5.74, 6) is -0.120. The molecule has 4 rings (SSSR count). The smallest absolute Gasteiger partial charge is 0.245 e. The largest absolute Gasteiger partial charge is 0.328 e. The first kappa shape index (κ1) is 26.4. The molecule has 1 aliphatic carbocycles. The van der Waals surface area contributed by atoms with Crippen molar-refractivity contribution in [2.75, 3.05) is 0 Å². The number of hydrogen-bond donors (Lipinski definition) is 2. The van der Waals surface area contributed by atoms with Gasteiger partial charge >= 0.3 is 0 Å². The van der Waals surface area contributed by atoms with Crippen molar-refractivity contribution in [2.45, 2.75) is 82.8 Å². The Labute approximate surface area is 217 Å². The standard InChI is InChI=1S/C29H33N5O3/c1-18(30)5-4-12-29(27-15-28(37)34-33-27)25-10-8-21(19(2)31-16-35)13-23(25)6-7-24-14-22(9-11-26(24)29)20(3)32-17-36/h8-11,13-14,18-20H,4-7,12,15,30H2,1-3H3,(H,34,37)/t18-,19?,20?,29?/m1/s1. The lowest BCUT2D eigenvalue weighted by molar-refractivity contribution is -0.119. The van der Waals surface area contributed by atoms with E-state index in [1.807, 2.05) is 32.9 Å². The van der Waals surface area contributed by atoms with E-state index < -0.39 is 5.41 Å². The molecule has 0 spiro atoms. The van der Waals surface area contributed by atoms with Crippen molar-refractivity contribution >= 4 is 23.8 Å². The van der Waals surface area contributed by atoms with Gasteiger partial charge in [0.25, 0.3) is 0 Å². The molecule has 3 N–H and O–H groups in total.